The first kappa shape index (κ1) is 25.2. The lowest BCUT2D eigenvalue weighted by Gasteiger charge is -2.37. The molecule has 31 heavy (non-hydrogen) atoms. The molecule has 0 aromatic heterocycles. The Kier molecular flexibility index (Phi) is 9.82. The van der Waals surface area contributed by atoms with E-state index in [1.54, 1.807) is 7.11 Å². The second-order valence-electron chi connectivity index (χ2n) is 9.59. The highest BCUT2D eigenvalue weighted by Crippen LogP contribution is 2.24. The number of piperidine rings is 1. The zero-order chi connectivity index (χ0) is 23.0. The van der Waals surface area contributed by atoms with E-state index in [4.69, 9.17) is 4.74 Å². The van der Waals surface area contributed by atoms with Crippen molar-refractivity contribution in [2.24, 2.45) is 17.8 Å². The summed E-state index contributed by atoms with van der Waals surface area (Å²) in [5.74, 6) is 1.78. The van der Waals surface area contributed by atoms with Gasteiger partial charge in [0.05, 0.1) is 7.11 Å². The van der Waals surface area contributed by atoms with Gasteiger partial charge in [0.1, 0.15) is 11.8 Å². The summed E-state index contributed by atoms with van der Waals surface area (Å²) in [5.41, 5.74) is 1.22. The number of para-hydroxylation sites is 1. The summed E-state index contributed by atoms with van der Waals surface area (Å²) in [4.78, 5) is 29.4. The number of hydrogen-bond donors (Lipinski definition) is 1. The Bertz CT molecular complexity index is 712. The van der Waals surface area contributed by atoms with Crippen molar-refractivity contribution in [2.45, 2.75) is 60.0 Å². The quantitative estimate of drug-likeness (QED) is 0.615. The molecule has 0 saturated carbocycles. The smallest absolute Gasteiger partial charge is 0.245 e. The molecule has 1 aromatic carbocycles. The predicted molar refractivity (Wildman–Crippen MR) is 125 cm³/mol. The van der Waals surface area contributed by atoms with Gasteiger partial charge >= 0.3 is 0 Å². The van der Waals surface area contributed by atoms with Crippen molar-refractivity contribution in [2.75, 3.05) is 33.3 Å². The van der Waals surface area contributed by atoms with Crippen molar-refractivity contribution in [3.05, 3.63) is 29.8 Å². The van der Waals surface area contributed by atoms with Crippen molar-refractivity contribution >= 4 is 11.8 Å². The maximum Gasteiger partial charge on any atom is 0.245 e. The molecule has 1 N–H and O–H groups in total. The number of amides is 2. The lowest BCUT2D eigenvalue weighted by atomic mass is 9.94. The van der Waals surface area contributed by atoms with Crippen molar-refractivity contribution in [1.82, 2.24) is 15.1 Å². The van der Waals surface area contributed by atoms with Crippen molar-refractivity contribution < 1.29 is 14.3 Å². The minimum Gasteiger partial charge on any atom is -0.496 e. The standard InChI is InChI=1S/C25H41N3O3/c1-18(2)15-28(25(30)24(19(3)4)26-20(5)29)16-21-11-13-27(14-12-21)17-22-9-7-8-10-23(22)31-6/h7-10,18-19,21,24H,11-17H2,1-6H3,(H,26,29). The molecule has 0 spiro atoms. The fourth-order valence-electron chi connectivity index (χ4n) is 4.34. The van der Waals surface area contributed by atoms with Gasteiger partial charge in [-0.15, -0.1) is 0 Å². The average Bonchev–Trinajstić information content (AvgIpc) is 2.72. The molecule has 2 rings (SSSR count). The molecular weight excluding hydrogens is 390 g/mol. The van der Waals surface area contributed by atoms with Gasteiger partial charge in [-0.2, -0.15) is 0 Å². The molecule has 1 aromatic rings. The Morgan fingerprint density at radius 1 is 1.16 bits per heavy atom. The molecule has 1 unspecified atom stereocenters. The van der Waals surface area contributed by atoms with Crippen LogP contribution in [-0.4, -0.2) is 60.9 Å². The number of nitrogens with zero attached hydrogens (tertiary/aromatic N) is 2. The molecule has 0 bridgehead atoms. The predicted octanol–water partition coefficient (Wildman–Crippen LogP) is 3.55. The number of nitrogens with one attached hydrogen (secondary N) is 1. The van der Waals surface area contributed by atoms with Crippen molar-refractivity contribution in [1.29, 1.82) is 0 Å². The number of methoxy groups -OCH3 is 1. The summed E-state index contributed by atoms with van der Waals surface area (Å²) in [6, 6.07) is 7.74. The second kappa shape index (κ2) is 12.1. The van der Waals surface area contributed by atoms with E-state index in [-0.39, 0.29) is 17.7 Å². The summed E-state index contributed by atoms with van der Waals surface area (Å²) < 4.78 is 5.49. The van der Waals surface area contributed by atoms with Crippen molar-refractivity contribution in [3.63, 3.8) is 0 Å². The molecule has 1 aliphatic heterocycles. The number of hydrogen-bond acceptors (Lipinski definition) is 4. The molecule has 0 radical (unpaired) electrons. The minimum atomic E-state index is -0.457. The summed E-state index contributed by atoms with van der Waals surface area (Å²) >= 11 is 0. The Morgan fingerprint density at radius 2 is 1.81 bits per heavy atom. The van der Waals surface area contributed by atoms with Crippen LogP contribution in [0.25, 0.3) is 0 Å². The molecular formula is C25H41N3O3. The Labute approximate surface area is 188 Å². The van der Waals surface area contributed by atoms with Crippen LogP contribution in [0, 0.1) is 17.8 Å². The van der Waals surface area contributed by atoms with Crippen LogP contribution in [0.3, 0.4) is 0 Å². The van der Waals surface area contributed by atoms with Crippen molar-refractivity contribution in [3.8, 4) is 5.75 Å². The van der Waals surface area contributed by atoms with E-state index in [0.717, 1.165) is 51.3 Å². The van der Waals surface area contributed by atoms with E-state index in [2.05, 4.69) is 36.2 Å². The first-order valence-electron chi connectivity index (χ1n) is 11.6. The molecule has 6 heteroatoms. The largest absolute Gasteiger partial charge is 0.496 e. The Balaban J connectivity index is 1.97. The van der Waals surface area contributed by atoms with Crippen LogP contribution < -0.4 is 10.1 Å². The third-order valence-electron chi connectivity index (χ3n) is 5.96. The number of likely N-dealkylation sites (tertiary alicyclic amines) is 1. The molecule has 2 amide bonds. The maximum absolute atomic E-state index is 13.3. The van der Waals surface area contributed by atoms with E-state index in [1.807, 2.05) is 30.9 Å². The summed E-state index contributed by atoms with van der Waals surface area (Å²) in [5, 5.41) is 2.86. The zero-order valence-corrected chi connectivity index (χ0v) is 20.2. The fourth-order valence-corrected chi connectivity index (χ4v) is 4.34. The molecule has 1 aliphatic rings. The van der Waals surface area contributed by atoms with Gasteiger partial charge < -0.3 is 15.0 Å². The highest BCUT2D eigenvalue weighted by atomic mass is 16.5. The Morgan fingerprint density at radius 3 is 2.35 bits per heavy atom. The van der Waals surface area contributed by atoms with Gasteiger partial charge in [0, 0.05) is 32.1 Å². The first-order chi connectivity index (χ1) is 14.7. The van der Waals surface area contributed by atoms with E-state index in [1.165, 1.54) is 12.5 Å². The van der Waals surface area contributed by atoms with Crippen LogP contribution in [0.1, 0.15) is 53.0 Å². The minimum absolute atomic E-state index is 0.0513. The van der Waals surface area contributed by atoms with Gasteiger partial charge in [0.2, 0.25) is 11.8 Å². The van der Waals surface area contributed by atoms with E-state index < -0.39 is 6.04 Å². The first-order valence-corrected chi connectivity index (χ1v) is 11.6. The molecule has 6 nitrogen and oxygen atoms in total. The monoisotopic (exact) mass is 431 g/mol. The second-order valence-corrected chi connectivity index (χ2v) is 9.59. The summed E-state index contributed by atoms with van der Waals surface area (Å²) in [6.07, 6.45) is 2.15. The molecule has 0 aliphatic carbocycles. The Hall–Kier alpha value is -2.08. The van der Waals surface area contributed by atoms with Crippen LogP contribution in [0.5, 0.6) is 5.75 Å². The van der Waals surface area contributed by atoms with Gasteiger partial charge in [0.15, 0.2) is 0 Å². The number of benzene rings is 1. The number of carbonyl (C=O) groups excluding carboxylic acids is 2. The third kappa shape index (κ3) is 7.84. The van der Waals surface area contributed by atoms with E-state index in [0.29, 0.717) is 11.8 Å². The molecule has 1 heterocycles. The molecule has 174 valence electrons. The molecule has 1 saturated heterocycles. The molecule has 1 atom stereocenters. The number of carbonyl (C=O) groups is 2. The topological polar surface area (TPSA) is 61.9 Å². The normalized spacial score (nSPS) is 16.4. The lowest BCUT2D eigenvalue weighted by Crippen LogP contribution is -2.53. The van der Waals surface area contributed by atoms with Crippen LogP contribution >= 0.6 is 0 Å². The number of ether oxygens (including phenoxy) is 1. The zero-order valence-electron chi connectivity index (χ0n) is 20.2. The fraction of sp³-hybridized carbons (Fsp3) is 0.680. The SMILES string of the molecule is COc1ccccc1CN1CCC(CN(CC(C)C)C(=O)C(NC(C)=O)C(C)C)CC1. The van der Waals surface area contributed by atoms with Crippen LogP contribution in [0.4, 0.5) is 0 Å². The highest BCUT2D eigenvalue weighted by molar-refractivity contribution is 5.87. The summed E-state index contributed by atoms with van der Waals surface area (Å²) in [7, 11) is 1.72. The highest BCUT2D eigenvalue weighted by Gasteiger charge is 2.31. The molecule has 1 fully saturated rings. The van der Waals surface area contributed by atoms with Crippen LogP contribution in [0.15, 0.2) is 24.3 Å². The van der Waals surface area contributed by atoms with Gasteiger partial charge in [-0.1, -0.05) is 45.9 Å². The van der Waals surface area contributed by atoms with E-state index >= 15 is 0 Å². The summed E-state index contributed by atoms with van der Waals surface area (Å²) in [6.45, 7) is 14.2. The van der Waals surface area contributed by atoms with Gasteiger partial charge in [-0.25, -0.2) is 0 Å². The van der Waals surface area contributed by atoms with Gasteiger partial charge in [-0.3, -0.25) is 14.5 Å². The van der Waals surface area contributed by atoms with Gasteiger partial charge in [-0.05, 0) is 49.8 Å². The van der Waals surface area contributed by atoms with Crippen LogP contribution in [0.2, 0.25) is 0 Å². The van der Waals surface area contributed by atoms with Gasteiger partial charge in [0.25, 0.3) is 0 Å². The number of rotatable bonds is 10. The van der Waals surface area contributed by atoms with E-state index in [9.17, 15) is 9.59 Å². The third-order valence-corrected chi connectivity index (χ3v) is 5.96. The lowest BCUT2D eigenvalue weighted by molar-refractivity contribution is -0.138. The average molecular weight is 432 g/mol. The van der Waals surface area contributed by atoms with Crippen LogP contribution in [-0.2, 0) is 16.1 Å². The maximum atomic E-state index is 13.3.